The van der Waals surface area contributed by atoms with Gasteiger partial charge in [-0.25, -0.2) is 5.43 Å². The number of terminal acetylenes is 1. The number of fused-ring (bicyclic) bond motifs is 1. The highest BCUT2D eigenvalue weighted by atomic mass is 16.3. The minimum atomic E-state index is -1.27. The average Bonchev–Trinajstić information content (AvgIpc) is 2.94. The summed E-state index contributed by atoms with van der Waals surface area (Å²) in [6.07, 6.45) is 5.79. The summed E-state index contributed by atoms with van der Waals surface area (Å²) in [5.74, 6) is 2.07. The predicted octanol–water partition coefficient (Wildman–Crippen LogP) is 2.77. The number of nitrogens with zero attached hydrogens (tertiary/aromatic N) is 2. The van der Waals surface area contributed by atoms with Crippen molar-refractivity contribution in [3.63, 3.8) is 0 Å². The van der Waals surface area contributed by atoms with Gasteiger partial charge in [-0.2, -0.15) is 5.10 Å². The van der Waals surface area contributed by atoms with Crippen LogP contribution >= 0.6 is 0 Å². The number of para-hydroxylation sites is 1. The van der Waals surface area contributed by atoms with E-state index < -0.39 is 12.0 Å². The fourth-order valence-corrected chi connectivity index (χ4v) is 2.92. The number of aliphatic hydroxyl groups excluding tert-OH is 1. The molecule has 130 valence electrons. The third-order valence-corrected chi connectivity index (χ3v) is 4.26. The van der Waals surface area contributed by atoms with Gasteiger partial charge in [0.15, 0.2) is 6.10 Å². The molecule has 0 aliphatic heterocycles. The van der Waals surface area contributed by atoms with Gasteiger partial charge in [0.25, 0.3) is 5.91 Å². The van der Waals surface area contributed by atoms with Crippen molar-refractivity contribution in [1.29, 1.82) is 0 Å². The standard InChI is InChI=1S/C21H19N3O2/c1-3-13-24-15(2)18(17-11-7-8-12-19(17)24)14-22-23-21(26)20(25)16-9-5-4-6-10-16/h1,4-12,14,20,25H,13H2,2H3,(H,23,26)/b22-14-/t20-/m0/s1. The molecule has 0 unspecified atom stereocenters. The molecular formula is C21H19N3O2. The quantitative estimate of drug-likeness (QED) is 0.424. The third-order valence-electron chi connectivity index (χ3n) is 4.26. The van der Waals surface area contributed by atoms with Gasteiger partial charge in [-0.15, -0.1) is 6.42 Å². The van der Waals surface area contributed by atoms with Crippen LogP contribution in [-0.2, 0) is 11.3 Å². The summed E-state index contributed by atoms with van der Waals surface area (Å²) in [4.78, 5) is 12.1. The number of hydrazone groups is 1. The number of nitrogens with one attached hydrogen (secondary N) is 1. The molecule has 0 radical (unpaired) electrons. The van der Waals surface area contributed by atoms with E-state index in [-0.39, 0.29) is 0 Å². The normalized spacial score (nSPS) is 12.2. The molecular weight excluding hydrogens is 326 g/mol. The number of benzene rings is 2. The molecule has 2 N–H and O–H groups in total. The summed E-state index contributed by atoms with van der Waals surface area (Å²) in [5, 5.41) is 15.1. The van der Waals surface area contributed by atoms with Gasteiger partial charge in [0, 0.05) is 22.2 Å². The topological polar surface area (TPSA) is 66.6 Å². The molecule has 1 atom stereocenters. The van der Waals surface area contributed by atoms with E-state index in [1.165, 1.54) is 0 Å². The smallest absolute Gasteiger partial charge is 0.273 e. The first kappa shape index (κ1) is 17.5. The number of aromatic nitrogens is 1. The van der Waals surface area contributed by atoms with Gasteiger partial charge >= 0.3 is 0 Å². The summed E-state index contributed by atoms with van der Waals surface area (Å²) in [6, 6.07) is 16.6. The second-order valence-electron chi connectivity index (χ2n) is 5.85. The Kier molecular flexibility index (Phi) is 5.16. The van der Waals surface area contributed by atoms with Crippen LogP contribution in [0, 0.1) is 19.3 Å². The first-order valence-corrected chi connectivity index (χ1v) is 8.20. The number of hydrogen-bond donors (Lipinski definition) is 2. The third kappa shape index (κ3) is 3.37. The van der Waals surface area contributed by atoms with Crippen molar-refractivity contribution in [2.45, 2.75) is 19.6 Å². The largest absolute Gasteiger partial charge is 0.378 e. The van der Waals surface area contributed by atoms with Gasteiger partial charge < -0.3 is 9.67 Å². The van der Waals surface area contributed by atoms with Gasteiger partial charge in [0.05, 0.1) is 12.8 Å². The van der Waals surface area contributed by atoms with Crippen LogP contribution in [0.25, 0.3) is 10.9 Å². The summed E-state index contributed by atoms with van der Waals surface area (Å²) in [6.45, 7) is 2.42. The molecule has 0 bridgehead atoms. The van der Waals surface area contributed by atoms with Gasteiger partial charge in [-0.05, 0) is 18.6 Å². The number of hydrogen-bond acceptors (Lipinski definition) is 3. The average molecular weight is 345 g/mol. The van der Waals surface area contributed by atoms with Crippen LogP contribution in [0.1, 0.15) is 22.9 Å². The Labute approximate surface area is 152 Å². The molecule has 1 aromatic heterocycles. The molecule has 2 aromatic carbocycles. The van der Waals surface area contributed by atoms with E-state index in [2.05, 4.69) is 16.4 Å². The Morgan fingerprint density at radius 2 is 1.96 bits per heavy atom. The van der Waals surface area contributed by atoms with Crippen molar-refractivity contribution < 1.29 is 9.90 Å². The lowest BCUT2D eigenvalue weighted by Crippen LogP contribution is -2.25. The maximum atomic E-state index is 12.1. The highest BCUT2D eigenvalue weighted by Gasteiger charge is 2.16. The molecule has 3 rings (SSSR count). The monoisotopic (exact) mass is 345 g/mol. The van der Waals surface area contributed by atoms with Crippen LogP contribution in [0.4, 0.5) is 0 Å². The molecule has 26 heavy (non-hydrogen) atoms. The molecule has 5 nitrogen and oxygen atoms in total. The van der Waals surface area contributed by atoms with Crippen molar-refractivity contribution >= 4 is 23.0 Å². The number of rotatable bonds is 5. The van der Waals surface area contributed by atoms with E-state index >= 15 is 0 Å². The Balaban J connectivity index is 1.82. The van der Waals surface area contributed by atoms with Crippen molar-refractivity contribution in [2.24, 2.45) is 5.10 Å². The summed E-state index contributed by atoms with van der Waals surface area (Å²) in [7, 11) is 0. The molecule has 5 heteroatoms. The van der Waals surface area contributed by atoms with Gasteiger partial charge in [0.2, 0.25) is 0 Å². The minimum absolute atomic E-state index is 0.458. The number of carbonyl (C=O) groups excluding carboxylic acids is 1. The van der Waals surface area contributed by atoms with Crippen LogP contribution in [0.15, 0.2) is 59.7 Å². The highest BCUT2D eigenvalue weighted by molar-refractivity contribution is 6.01. The number of aliphatic hydroxyl groups is 1. The van der Waals surface area contributed by atoms with Gasteiger partial charge in [-0.3, -0.25) is 4.79 Å². The fourth-order valence-electron chi connectivity index (χ4n) is 2.92. The van der Waals surface area contributed by atoms with Crippen molar-refractivity contribution in [3.05, 3.63) is 71.4 Å². The second-order valence-corrected chi connectivity index (χ2v) is 5.85. The van der Waals surface area contributed by atoms with E-state index in [0.29, 0.717) is 12.1 Å². The van der Waals surface area contributed by atoms with Gasteiger partial charge in [-0.1, -0.05) is 54.5 Å². The molecule has 0 aliphatic rings. The lowest BCUT2D eigenvalue weighted by Gasteiger charge is -2.08. The molecule has 1 amide bonds. The molecule has 0 spiro atoms. The van der Waals surface area contributed by atoms with Crippen LogP contribution < -0.4 is 5.43 Å². The predicted molar refractivity (Wildman–Crippen MR) is 103 cm³/mol. The van der Waals surface area contributed by atoms with E-state index in [0.717, 1.165) is 22.2 Å². The van der Waals surface area contributed by atoms with Crippen LogP contribution in [0.3, 0.4) is 0 Å². The Morgan fingerprint density at radius 1 is 1.27 bits per heavy atom. The van der Waals surface area contributed by atoms with Gasteiger partial charge in [0.1, 0.15) is 0 Å². The van der Waals surface area contributed by atoms with Crippen molar-refractivity contribution in [1.82, 2.24) is 9.99 Å². The zero-order chi connectivity index (χ0) is 18.5. The SMILES string of the molecule is C#CCn1c(C)c(/C=N\NC(=O)[C@@H](O)c2ccccc2)c2ccccc21. The van der Waals surface area contributed by atoms with Crippen molar-refractivity contribution in [2.75, 3.05) is 0 Å². The molecule has 0 aliphatic carbocycles. The lowest BCUT2D eigenvalue weighted by molar-refractivity contribution is -0.129. The summed E-state index contributed by atoms with van der Waals surface area (Å²) in [5.41, 5.74) is 5.77. The van der Waals surface area contributed by atoms with E-state index in [4.69, 9.17) is 6.42 Å². The van der Waals surface area contributed by atoms with E-state index in [9.17, 15) is 9.90 Å². The maximum Gasteiger partial charge on any atom is 0.273 e. The Hall–Kier alpha value is -3.36. The first-order valence-electron chi connectivity index (χ1n) is 8.20. The van der Waals surface area contributed by atoms with E-state index in [1.54, 1.807) is 30.5 Å². The van der Waals surface area contributed by atoms with Crippen LogP contribution in [0.5, 0.6) is 0 Å². The number of amides is 1. The molecule has 1 heterocycles. The Morgan fingerprint density at radius 3 is 2.69 bits per heavy atom. The summed E-state index contributed by atoms with van der Waals surface area (Å²) < 4.78 is 2.03. The second kappa shape index (κ2) is 7.68. The zero-order valence-corrected chi connectivity index (χ0v) is 14.4. The molecule has 0 fully saturated rings. The zero-order valence-electron chi connectivity index (χ0n) is 14.4. The lowest BCUT2D eigenvalue weighted by atomic mass is 10.1. The molecule has 3 aromatic rings. The van der Waals surface area contributed by atoms with E-state index in [1.807, 2.05) is 41.8 Å². The van der Waals surface area contributed by atoms with Crippen LogP contribution in [0.2, 0.25) is 0 Å². The van der Waals surface area contributed by atoms with Crippen molar-refractivity contribution in [3.8, 4) is 12.3 Å². The minimum Gasteiger partial charge on any atom is -0.378 e. The summed E-state index contributed by atoms with van der Waals surface area (Å²) >= 11 is 0. The van der Waals surface area contributed by atoms with Crippen LogP contribution in [-0.4, -0.2) is 21.8 Å². The first-order chi connectivity index (χ1) is 12.6. The Bertz CT molecular complexity index is 997. The molecule has 0 saturated carbocycles. The number of carbonyl (C=O) groups is 1. The maximum absolute atomic E-state index is 12.1. The fraction of sp³-hybridized carbons (Fsp3) is 0.143. The molecule has 0 saturated heterocycles. The highest BCUT2D eigenvalue weighted by Crippen LogP contribution is 2.24.